The third kappa shape index (κ3) is 1.58. The summed E-state index contributed by atoms with van der Waals surface area (Å²) in [6.45, 7) is 5.45. The highest BCUT2D eigenvalue weighted by atomic mass is 16.5. The molecule has 4 heteroatoms. The van der Waals surface area contributed by atoms with Gasteiger partial charge in [0.2, 0.25) is 5.69 Å². The molecule has 2 heterocycles. The predicted molar refractivity (Wildman–Crippen MR) is 61.0 cm³/mol. The molecule has 0 bridgehead atoms. The summed E-state index contributed by atoms with van der Waals surface area (Å²) >= 11 is 0. The van der Waals surface area contributed by atoms with Crippen LogP contribution >= 0.6 is 0 Å². The summed E-state index contributed by atoms with van der Waals surface area (Å²) in [4.78, 5) is 2.19. The Morgan fingerprint density at radius 1 is 1.38 bits per heavy atom. The van der Waals surface area contributed by atoms with Crippen LogP contribution in [0.1, 0.15) is 29.8 Å². The second-order valence-electron chi connectivity index (χ2n) is 4.23. The molecule has 0 amide bonds. The summed E-state index contributed by atoms with van der Waals surface area (Å²) in [6.07, 6.45) is 2.32. The Morgan fingerprint density at radius 3 is 2.56 bits per heavy atom. The number of anilines is 1. The summed E-state index contributed by atoms with van der Waals surface area (Å²) in [6, 6.07) is 3.97. The van der Waals surface area contributed by atoms with Crippen LogP contribution < -0.4 is 9.63 Å². The van der Waals surface area contributed by atoms with E-state index in [2.05, 4.69) is 11.0 Å². The largest absolute Gasteiger partial charge is 0.618 e. The Balaban J connectivity index is 2.56. The van der Waals surface area contributed by atoms with Gasteiger partial charge >= 0.3 is 0 Å². The summed E-state index contributed by atoms with van der Waals surface area (Å²) < 4.78 is 0.831. The van der Waals surface area contributed by atoms with Gasteiger partial charge in [-0.2, -0.15) is 9.99 Å². The number of hydrogen-bond acceptors (Lipinski definition) is 3. The average molecular weight is 217 g/mol. The predicted octanol–water partition coefficient (Wildman–Crippen LogP) is 1.41. The molecule has 0 atom stereocenters. The highest BCUT2D eigenvalue weighted by Crippen LogP contribution is 2.25. The van der Waals surface area contributed by atoms with Crippen molar-refractivity contribution in [1.82, 2.24) is 0 Å². The molecular formula is C12H15N3O. The van der Waals surface area contributed by atoms with Gasteiger partial charge in [0.1, 0.15) is 11.6 Å². The minimum Gasteiger partial charge on any atom is -0.618 e. The van der Waals surface area contributed by atoms with Crippen molar-refractivity contribution in [3.8, 4) is 6.07 Å². The zero-order valence-electron chi connectivity index (χ0n) is 9.66. The molecule has 1 aliphatic rings. The number of aromatic nitrogens is 1. The molecule has 1 aromatic rings. The Morgan fingerprint density at radius 2 is 2.00 bits per heavy atom. The van der Waals surface area contributed by atoms with Crippen LogP contribution in [0.15, 0.2) is 6.07 Å². The van der Waals surface area contributed by atoms with Gasteiger partial charge in [0.15, 0.2) is 5.69 Å². The van der Waals surface area contributed by atoms with Gasteiger partial charge in [0.05, 0.1) is 5.69 Å². The topological polar surface area (TPSA) is 54.0 Å². The molecule has 1 fully saturated rings. The lowest BCUT2D eigenvalue weighted by molar-refractivity contribution is -0.619. The van der Waals surface area contributed by atoms with Gasteiger partial charge < -0.3 is 10.1 Å². The van der Waals surface area contributed by atoms with Gasteiger partial charge in [0.25, 0.3) is 0 Å². The molecule has 1 aromatic heterocycles. The van der Waals surface area contributed by atoms with E-state index in [1.807, 2.05) is 6.07 Å². The van der Waals surface area contributed by atoms with Crippen molar-refractivity contribution < 1.29 is 4.73 Å². The minimum absolute atomic E-state index is 0.504. The molecule has 1 saturated heterocycles. The zero-order chi connectivity index (χ0) is 11.7. The third-order valence-electron chi connectivity index (χ3n) is 3.15. The molecular weight excluding hydrogens is 202 g/mol. The molecule has 1 aliphatic heterocycles. The monoisotopic (exact) mass is 217 g/mol. The van der Waals surface area contributed by atoms with Crippen LogP contribution in [-0.2, 0) is 0 Å². The second kappa shape index (κ2) is 4.01. The maximum Gasteiger partial charge on any atom is 0.209 e. The van der Waals surface area contributed by atoms with Crippen molar-refractivity contribution in [3.63, 3.8) is 0 Å². The highest BCUT2D eigenvalue weighted by molar-refractivity contribution is 5.60. The molecule has 0 unspecified atom stereocenters. The van der Waals surface area contributed by atoms with Crippen molar-refractivity contribution in [2.75, 3.05) is 18.0 Å². The van der Waals surface area contributed by atoms with E-state index < -0.39 is 0 Å². The molecule has 0 saturated carbocycles. The summed E-state index contributed by atoms with van der Waals surface area (Å²) in [5.41, 5.74) is 2.59. The van der Waals surface area contributed by atoms with Crippen molar-refractivity contribution in [3.05, 3.63) is 28.2 Å². The smallest absolute Gasteiger partial charge is 0.209 e. The molecule has 4 nitrogen and oxygen atoms in total. The van der Waals surface area contributed by atoms with Gasteiger partial charge in [-0.15, -0.1) is 0 Å². The van der Waals surface area contributed by atoms with E-state index in [-0.39, 0.29) is 0 Å². The maximum absolute atomic E-state index is 11.7. The first-order valence-corrected chi connectivity index (χ1v) is 5.54. The van der Waals surface area contributed by atoms with Crippen molar-refractivity contribution in [1.29, 1.82) is 5.26 Å². The first kappa shape index (κ1) is 10.7. The number of rotatable bonds is 1. The van der Waals surface area contributed by atoms with E-state index in [0.717, 1.165) is 36.3 Å². The molecule has 0 aromatic carbocycles. The Kier molecular flexibility index (Phi) is 2.69. The molecule has 0 radical (unpaired) electrons. The number of pyridine rings is 1. The van der Waals surface area contributed by atoms with Crippen LogP contribution in [-0.4, -0.2) is 13.1 Å². The fourth-order valence-corrected chi connectivity index (χ4v) is 2.23. The fraction of sp³-hybridized carbons (Fsp3) is 0.500. The van der Waals surface area contributed by atoms with Gasteiger partial charge in [-0.05, 0) is 12.8 Å². The molecule has 16 heavy (non-hydrogen) atoms. The fourth-order valence-electron chi connectivity index (χ4n) is 2.23. The zero-order valence-corrected chi connectivity index (χ0v) is 9.66. The van der Waals surface area contributed by atoms with Crippen LogP contribution in [0.5, 0.6) is 0 Å². The molecule has 84 valence electrons. The molecule has 0 spiro atoms. The van der Waals surface area contributed by atoms with Gasteiger partial charge in [-0.1, -0.05) is 0 Å². The first-order chi connectivity index (χ1) is 7.65. The Bertz CT molecular complexity index is 456. The summed E-state index contributed by atoms with van der Waals surface area (Å²) in [5.74, 6) is 0. The van der Waals surface area contributed by atoms with E-state index in [1.54, 1.807) is 13.8 Å². The van der Waals surface area contributed by atoms with E-state index in [9.17, 15) is 5.21 Å². The highest BCUT2D eigenvalue weighted by Gasteiger charge is 2.22. The van der Waals surface area contributed by atoms with E-state index in [0.29, 0.717) is 17.0 Å². The van der Waals surface area contributed by atoms with Gasteiger partial charge in [-0.25, -0.2) is 0 Å². The van der Waals surface area contributed by atoms with Crippen LogP contribution in [0.3, 0.4) is 0 Å². The van der Waals surface area contributed by atoms with Crippen molar-refractivity contribution >= 4 is 5.69 Å². The van der Waals surface area contributed by atoms with Crippen LogP contribution in [0, 0.1) is 30.4 Å². The molecule has 0 aliphatic carbocycles. The second-order valence-corrected chi connectivity index (χ2v) is 4.23. The number of hydrogen-bond donors (Lipinski definition) is 0. The normalized spacial score (nSPS) is 15.2. The lowest BCUT2D eigenvalue weighted by atomic mass is 10.1. The quantitative estimate of drug-likeness (QED) is 0.528. The van der Waals surface area contributed by atoms with Crippen LogP contribution in [0.25, 0.3) is 0 Å². The molecule has 2 rings (SSSR count). The van der Waals surface area contributed by atoms with Gasteiger partial charge in [-0.3, -0.25) is 0 Å². The Labute approximate surface area is 95.3 Å². The first-order valence-electron chi connectivity index (χ1n) is 5.54. The van der Waals surface area contributed by atoms with Crippen molar-refractivity contribution in [2.24, 2.45) is 0 Å². The van der Waals surface area contributed by atoms with Crippen LogP contribution in [0.4, 0.5) is 5.69 Å². The number of aryl methyl sites for hydroxylation is 1. The average Bonchev–Trinajstić information content (AvgIpc) is 2.79. The summed E-state index contributed by atoms with van der Waals surface area (Å²) in [7, 11) is 0. The Hall–Kier alpha value is -1.76. The van der Waals surface area contributed by atoms with Crippen molar-refractivity contribution in [2.45, 2.75) is 26.7 Å². The standard InChI is InChI=1S/C12H15N3O/c1-9-7-12(14-5-3-4-6-14)11(8-13)10(2)15(9)16/h7H,3-6H2,1-2H3. The van der Waals surface area contributed by atoms with E-state index in [4.69, 9.17) is 5.26 Å². The lowest BCUT2D eigenvalue weighted by Crippen LogP contribution is -2.36. The maximum atomic E-state index is 11.7. The number of nitrogens with zero attached hydrogens (tertiary/aromatic N) is 3. The molecule has 0 N–H and O–H groups in total. The summed E-state index contributed by atoms with van der Waals surface area (Å²) in [5, 5.41) is 20.8. The van der Waals surface area contributed by atoms with Gasteiger partial charge in [0, 0.05) is 33.0 Å². The number of nitriles is 1. The van der Waals surface area contributed by atoms with Crippen LogP contribution in [0.2, 0.25) is 0 Å². The van der Waals surface area contributed by atoms with E-state index >= 15 is 0 Å². The SMILES string of the molecule is Cc1cc(N2CCCC2)c(C#N)c(C)[n+]1[O-]. The lowest BCUT2D eigenvalue weighted by Gasteiger charge is -2.20. The van der Waals surface area contributed by atoms with E-state index in [1.165, 1.54) is 0 Å². The third-order valence-corrected chi connectivity index (χ3v) is 3.15. The minimum atomic E-state index is 0.504.